The molecule has 39 heavy (non-hydrogen) atoms. The maximum Gasteiger partial charge on any atom is 0.350 e. The van der Waals surface area contributed by atoms with Crippen LogP contribution in [0.1, 0.15) is 155 Å². The summed E-state index contributed by atoms with van der Waals surface area (Å²) < 4.78 is 16.7. The third-order valence-electron chi connectivity index (χ3n) is 7.85. The van der Waals surface area contributed by atoms with E-state index in [9.17, 15) is 14.4 Å². The van der Waals surface area contributed by atoms with Gasteiger partial charge in [-0.05, 0) is 32.1 Å². The van der Waals surface area contributed by atoms with E-state index in [1.807, 2.05) is 0 Å². The van der Waals surface area contributed by atoms with Crippen LogP contribution in [-0.4, -0.2) is 36.7 Å². The van der Waals surface area contributed by atoms with E-state index in [0.29, 0.717) is 32.5 Å². The number of esters is 3. The van der Waals surface area contributed by atoms with Gasteiger partial charge < -0.3 is 14.2 Å². The van der Waals surface area contributed by atoms with Crippen molar-refractivity contribution < 1.29 is 28.6 Å². The topological polar surface area (TPSA) is 78.9 Å². The van der Waals surface area contributed by atoms with E-state index in [2.05, 4.69) is 20.4 Å². The minimum Gasteiger partial charge on any atom is -0.465 e. The first-order valence-corrected chi connectivity index (χ1v) is 16.2. The Morgan fingerprint density at radius 3 is 1.67 bits per heavy atom. The SMILES string of the molecule is C=CC(=O)OC1(C(=O)OCCCCCCCCC)CCCC(C(=O)OCCCCCCCCCCCCC)C1. The van der Waals surface area contributed by atoms with Gasteiger partial charge >= 0.3 is 17.9 Å². The lowest BCUT2D eigenvalue weighted by Crippen LogP contribution is -2.49. The van der Waals surface area contributed by atoms with Crippen molar-refractivity contribution in [3.8, 4) is 0 Å². The van der Waals surface area contributed by atoms with Gasteiger partial charge in [-0.25, -0.2) is 9.59 Å². The van der Waals surface area contributed by atoms with Crippen LogP contribution in [0.2, 0.25) is 0 Å². The molecule has 0 saturated heterocycles. The minimum atomic E-state index is -1.44. The van der Waals surface area contributed by atoms with Crippen molar-refractivity contribution in [3.05, 3.63) is 12.7 Å². The summed E-state index contributed by atoms with van der Waals surface area (Å²) in [5.41, 5.74) is -1.44. The molecule has 6 nitrogen and oxygen atoms in total. The quantitative estimate of drug-likeness (QED) is 0.0517. The Morgan fingerprint density at radius 2 is 1.18 bits per heavy atom. The molecule has 0 radical (unpaired) electrons. The number of hydrogen-bond acceptors (Lipinski definition) is 6. The summed E-state index contributed by atoms with van der Waals surface area (Å²) in [5.74, 6) is -2.00. The van der Waals surface area contributed by atoms with E-state index < -0.39 is 23.5 Å². The van der Waals surface area contributed by atoms with Gasteiger partial charge in [0, 0.05) is 12.5 Å². The molecule has 0 aromatic carbocycles. The summed E-state index contributed by atoms with van der Waals surface area (Å²) in [6.45, 7) is 8.61. The predicted molar refractivity (Wildman–Crippen MR) is 157 cm³/mol. The first kappa shape index (κ1) is 35.2. The molecule has 2 atom stereocenters. The number of unbranched alkanes of at least 4 members (excludes halogenated alkanes) is 16. The molecule has 0 heterocycles. The third-order valence-corrected chi connectivity index (χ3v) is 7.85. The molecule has 0 bridgehead atoms. The highest BCUT2D eigenvalue weighted by molar-refractivity contribution is 5.88. The fourth-order valence-corrected chi connectivity index (χ4v) is 5.40. The summed E-state index contributed by atoms with van der Waals surface area (Å²) in [4.78, 5) is 38.0. The molecule has 2 unspecified atom stereocenters. The molecule has 0 aromatic rings. The lowest BCUT2D eigenvalue weighted by atomic mass is 9.77. The van der Waals surface area contributed by atoms with Gasteiger partial charge in [-0.1, -0.05) is 123 Å². The Kier molecular flexibility index (Phi) is 20.7. The second-order valence-corrected chi connectivity index (χ2v) is 11.4. The van der Waals surface area contributed by atoms with Crippen LogP contribution in [-0.2, 0) is 28.6 Å². The summed E-state index contributed by atoms with van der Waals surface area (Å²) >= 11 is 0. The molecule has 1 aliphatic carbocycles. The van der Waals surface area contributed by atoms with Crippen molar-refractivity contribution in [2.45, 2.75) is 161 Å². The van der Waals surface area contributed by atoms with E-state index in [0.717, 1.165) is 38.2 Å². The normalized spacial score (nSPS) is 18.9. The van der Waals surface area contributed by atoms with Gasteiger partial charge in [-0.15, -0.1) is 0 Å². The Bertz CT molecular complexity index is 675. The summed E-state index contributed by atoms with van der Waals surface area (Å²) in [6, 6.07) is 0. The molecule has 0 N–H and O–H groups in total. The average molecular weight is 551 g/mol. The molecule has 6 heteroatoms. The summed E-state index contributed by atoms with van der Waals surface area (Å²) in [5, 5.41) is 0. The molecule has 0 amide bonds. The highest BCUT2D eigenvalue weighted by Crippen LogP contribution is 2.37. The number of ether oxygens (including phenoxy) is 3. The standard InChI is InChI=1S/C33H58O6/c1-4-7-9-11-13-14-15-16-18-19-21-26-37-31(35)29-24-23-25-33(28-29,39-30(34)6-3)32(36)38-27-22-20-17-12-10-8-5-2/h6,29H,3-5,7-28H2,1-2H3. The van der Waals surface area contributed by atoms with Gasteiger partial charge in [0.25, 0.3) is 0 Å². The van der Waals surface area contributed by atoms with Crippen LogP contribution in [0.25, 0.3) is 0 Å². The van der Waals surface area contributed by atoms with Crippen LogP contribution in [0.5, 0.6) is 0 Å². The van der Waals surface area contributed by atoms with Gasteiger partial charge in [0.1, 0.15) is 0 Å². The van der Waals surface area contributed by atoms with E-state index in [4.69, 9.17) is 14.2 Å². The highest BCUT2D eigenvalue weighted by Gasteiger charge is 2.49. The number of rotatable bonds is 24. The molecular formula is C33H58O6. The van der Waals surface area contributed by atoms with Crippen molar-refractivity contribution >= 4 is 17.9 Å². The van der Waals surface area contributed by atoms with Gasteiger partial charge in [0.15, 0.2) is 0 Å². The number of carbonyl (C=O) groups is 3. The zero-order valence-electron chi connectivity index (χ0n) is 25.3. The highest BCUT2D eigenvalue weighted by atomic mass is 16.6. The molecule has 226 valence electrons. The van der Waals surface area contributed by atoms with E-state index in [1.165, 1.54) is 83.5 Å². The van der Waals surface area contributed by atoms with E-state index in [1.54, 1.807) is 0 Å². The molecule has 1 saturated carbocycles. The second-order valence-electron chi connectivity index (χ2n) is 11.4. The zero-order chi connectivity index (χ0) is 28.6. The first-order valence-electron chi connectivity index (χ1n) is 16.2. The van der Waals surface area contributed by atoms with Gasteiger partial charge in [0.05, 0.1) is 19.1 Å². The maximum absolute atomic E-state index is 13.1. The van der Waals surface area contributed by atoms with Gasteiger partial charge in [-0.3, -0.25) is 4.79 Å². The van der Waals surface area contributed by atoms with Crippen molar-refractivity contribution in [1.82, 2.24) is 0 Å². The first-order chi connectivity index (χ1) is 19.0. The van der Waals surface area contributed by atoms with Crippen molar-refractivity contribution in [2.75, 3.05) is 13.2 Å². The van der Waals surface area contributed by atoms with Crippen LogP contribution in [0.3, 0.4) is 0 Å². The molecule has 1 rings (SSSR count). The molecule has 1 fully saturated rings. The Morgan fingerprint density at radius 1 is 0.718 bits per heavy atom. The maximum atomic E-state index is 13.1. The Balaban J connectivity index is 2.37. The molecule has 0 aromatic heterocycles. The third kappa shape index (κ3) is 16.1. The van der Waals surface area contributed by atoms with Crippen LogP contribution in [0.4, 0.5) is 0 Å². The lowest BCUT2D eigenvalue weighted by molar-refractivity contribution is -0.188. The molecule has 0 spiro atoms. The van der Waals surface area contributed by atoms with Gasteiger partial charge in [0.2, 0.25) is 5.60 Å². The van der Waals surface area contributed by atoms with Crippen molar-refractivity contribution in [3.63, 3.8) is 0 Å². The smallest absolute Gasteiger partial charge is 0.350 e. The molecule has 0 aliphatic heterocycles. The fourth-order valence-electron chi connectivity index (χ4n) is 5.40. The average Bonchev–Trinajstić information content (AvgIpc) is 2.94. The zero-order valence-corrected chi connectivity index (χ0v) is 25.3. The van der Waals surface area contributed by atoms with Crippen molar-refractivity contribution in [1.29, 1.82) is 0 Å². The van der Waals surface area contributed by atoms with E-state index in [-0.39, 0.29) is 12.4 Å². The van der Waals surface area contributed by atoms with Gasteiger partial charge in [-0.2, -0.15) is 0 Å². The lowest BCUT2D eigenvalue weighted by Gasteiger charge is -2.37. The fraction of sp³-hybridized carbons (Fsp3) is 0.848. The molecular weight excluding hydrogens is 492 g/mol. The number of carbonyl (C=O) groups excluding carboxylic acids is 3. The second kappa shape index (κ2) is 22.9. The Hall–Kier alpha value is -1.85. The van der Waals surface area contributed by atoms with Crippen LogP contribution < -0.4 is 0 Å². The van der Waals surface area contributed by atoms with Crippen LogP contribution in [0, 0.1) is 5.92 Å². The monoisotopic (exact) mass is 550 g/mol. The molecule has 1 aliphatic rings. The summed E-state index contributed by atoms with van der Waals surface area (Å²) in [6.07, 6.45) is 24.2. The predicted octanol–water partition coefficient (Wildman–Crippen LogP) is 8.79. The van der Waals surface area contributed by atoms with Crippen LogP contribution in [0.15, 0.2) is 12.7 Å². The minimum absolute atomic E-state index is 0.111. The number of hydrogen-bond donors (Lipinski definition) is 0. The largest absolute Gasteiger partial charge is 0.465 e. The summed E-state index contributed by atoms with van der Waals surface area (Å²) in [7, 11) is 0. The van der Waals surface area contributed by atoms with E-state index >= 15 is 0 Å². The Labute approximate surface area is 239 Å². The van der Waals surface area contributed by atoms with Crippen LogP contribution >= 0.6 is 0 Å². The van der Waals surface area contributed by atoms with Crippen molar-refractivity contribution in [2.24, 2.45) is 5.92 Å².